The fourth-order valence-corrected chi connectivity index (χ4v) is 4.45. The molecule has 4 rings (SSSR count). The normalized spacial score (nSPS) is 31.2. The molecule has 2 saturated carbocycles. The second-order valence-electron chi connectivity index (χ2n) is 5.38. The predicted molar refractivity (Wildman–Crippen MR) is 70.0 cm³/mol. The highest BCUT2D eigenvalue weighted by molar-refractivity contribution is 7.13. The lowest BCUT2D eigenvalue weighted by molar-refractivity contribution is 0.332. The number of aromatic nitrogens is 2. The van der Waals surface area contributed by atoms with Crippen LogP contribution in [0.1, 0.15) is 31.7 Å². The Labute approximate surface area is 105 Å². The minimum absolute atomic E-state index is 0.716. The molecule has 3 heteroatoms. The zero-order valence-corrected chi connectivity index (χ0v) is 10.6. The number of rotatable bonds is 2. The molecule has 0 saturated heterocycles. The molecule has 2 fully saturated rings. The van der Waals surface area contributed by atoms with Gasteiger partial charge < -0.3 is 4.57 Å². The van der Waals surface area contributed by atoms with E-state index in [1.165, 1.54) is 36.4 Å². The van der Waals surface area contributed by atoms with Crippen molar-refractivity contribution in [3.63, 3.8) is 0 Å². The Morgan fingerprint density at radius 3 is 3.00 bits per heavy atom. The van der Waals surface area contributed by atoms with Gasteiger partial charge in [-0.15, -0.1) is 11.3 Å². The molecule has 0 amide bonds. The van der Waals surface area contributed by atoms with Gasteiger partial charge in [-0.3, -0.25) is 0 Å². The molecule has 0 radical (unpaired) electrons. The van der Waals surface area contributed by atoms with E-state index in [0.717, 1.165) is 11.8 Å². The summed E-state index contributed by atoms with van der Waals surface area (Å²) in [4.78, 5) is 5.86. The molecule has 3 unspecified atom stereocenters. The molecule has 88 valence electrons. The second-order valence-corrected chi connectivity index (χ2v) is 6.33. The maximum absolute atomic E-state index is 4.56. The van der Waals surface area contributed by atoms with Crippen LogP contribution >= 0.6 is 11.3 Å². The highest BCUT2D eigenvalue weighted by atomic mass is 32.1. The molecule has 0 spiro atoms. The number of hydrogen-bond donors (Lipinski definition) is 0. The van der Waals surface area contributed by atoms with E-state index in [0.29, 0.717) is 6.04 Å². The van der Waals surface area contributed by atoms with Gasteiger partial charge in [0.05, 0.1) is 4.88 Å². The fraction of sp³-hybridized carbons (Fsp3) is 0.500. The van der Waals surface area contributed by atoms with Crippen LogP contribution in [-0.2, 0) is 0 Å². The first-order valence-electron chi connectivity index (χ1n) is 6.48. The van der Waals surface area contributed by atoms with Gasteiger partial charge in [0.1, 0.15) is 5.82 Å². The lowest BCUT2D eigenvalue weighted by Gasteiger charge is -2.24. The van der Waals surface area contributed by atoms with Crippen molar-refractivity contribution < 1.29 is 0 Å². The van der Waals surface area contributed by atoms with Crippen LogP contribution < -0.4 is 0 Å². The maximum Gasteiger partial charge on any atom is 0.150 e. The Bertz CT molecular complexity index is 514. The van der Waals surface area contributed by atoms with Crippen LogP contribution in [0.5, 0.6) is 0 Å². The number of imidazole rings is 1. The van der Waals surface area contributed by atoms with Gasteiger partial charge in [-0.05, 0) is 42.5 Å². The van der Waals surface area contributed by atoms with E-state index in [-0.39, 0.29) is 0 Å². The van der Waals surface area contributed by atoms with Crippen LogP contribution in [0.2, 0.25) is 0 Å². The molecule has 0 aliphatic heterocycles. The van der Waals surface area contributed by atoms with Crippen molar-refractivity contribution in [2.24, 2.45) is 11.8 Å². The van der Waals surface area contributed by atoms with Gasteiger partial charge in [0.25, 0.3) is 0 Å². The Morgan fingerprint density at radius 2 is 2.29 bits per heavy atom. The molecule has 2 aromatic rings. The summed E-state index contributed by atoms with van der Waals surface area (Å²) in [5.74, 6) is 3.08. The van der Waals surface area contributed by atoms with Crippen LogP contribution in [0.25, 0.3) is 10.7 Å². The van der Waals surface area contributed by atoms with Gasteiger partial charge >= 0.3 is 0 Å². The van der Waals surface area contributed by atoms with E-state index in [2.05, 4.69) is 33.3 Å². The third-order valence-electron chi connectivity index (χ3n) is 4.47. The minimum Gasteiger partial charge on any atom is -0.327 e. The summed E-state index contributed by atoms with van der Waals surface area (Å²) in [5.41, 5.74) is 0. The van der Waals surface area contributed by atoms with E-state index in [9.17, 15) is 0 Å². The van der Waals surface area contributed by atoms with Gasteiger partial charge in [-0.1, -0.05) is 12.5 Å². The topological polar surface area (TPSA) is 17.8 Å². The first-order chi connectivity index (χ1) is 8.42. The SMILES string of the molecule is c1csc(-c2nccn2C2CC3CCC2C3)c1. The van der Waals surface area contributed by atoms with E-state index >= 15 is 0 Å². The third-order valence-corrected chi connectivity index (χ3v) is 5.33. The summed E-state index contributed by atoms with van der Waals surface area (Å²) in [5, 5.41) is 2.13. The molecule has 0 aromatic carbocycles. The van der Waals surface area contributed by atoms with E-state index < -0.39 is 0 Å². The number of hydrogen-bond acceptors (Lipinski definition) is 2. The molecule has 2 heterocycles. The van der Waals surface area contributed by atoms with Gasteiger partial charge in [-0.2, -0.15) is 0 Å². The van der Waals surface area contributed by atoms with Crippen LogP contribution in [0.3, 0.4) is 0 Å². The monoisotopic (exact) mass is 244 g/mol. The smallest absolute Gasteiger partial charge is 0.150 e. The Kier molecular flexibility index (Phi) is 2.15. The third kappa shape index (κ3) is 1.48. The largest absolute Gasteiger partial charge is 0.327 e. The van der Waals surface area contributed by atoms with Crippen molar-refractivity contribution in [1.82, 2.24) is 9.55 Å². The molecule has 2 aliphatic rings. The lowest BCUT2D eigenvalue weighted by Crippen LogP contribution is -2.16. The zero-order chi connectivity index (χ0) is 11.2. The molecular formula is C14H16N2S. The van der Waals surface area contributed by atoms with Crippen molar-refractivity contribution in [3.05, 3.63) is 29.9 Å². The van der Waals surface area contributed by atoms with Gasteiger partial charge in [0, 0.05) is 18.4 Å². The van der Waals surface area contributed by atoms with Crippen molar-refractivity contribution >= 4 is 11.3 Å². The Hall–Kier alpha value is -1.09. The molecule has 3 atom stereocenters. The fourth-order valence-electron chi connectivity index (χ4n) is 3.73. The average molecular weight is 244 g/mol. The summed E-state index contributed by atoms with van der Waals surface area (Å²) < 4.78 is 2.44. The van der Waals surface area contributed by atoms with Gasteiger partial charge in [-0.25, -0.2) is 4.98 Å². The summed E-state index contributed by atoms with van der Waals surface area (Å²) in [6.07, 6.45) is 9.86. The summed E-state index contributed by atoms with van der Waals surface area (Å²) in [6, 6.07) is 5.00. The number of nitrogens with zero attached hydrogens (tertiary/aromatic N) is 2. The number of thiophene rings is 1. The van der Waals surface area contributed by atoms with Crippen molar-refractivity contribution in [2.45, 2.75) is 31.7 Å². The quantitative estimate of drug-likeness (QED) is 0.781. The van der Waals surface area contributed by atoms with Gasteiger partial charge in [0.2, 0.25) is 0 Å². The summed E-state index contributed by atoms with van der Waals surface area (Å²) >= 11 is 1.79. The van der Waals surface area contributed by atoms with Crippen LogP contribution in [0, 0.1) is 11.8 Å². The summed E-state index contributed by atoms with van der Waals surface area (Å²) in [7, 11) is 0. The summed E-state index contributed by atoms with van der Waals surface area (Å²) in [6.45, 7) is 0. The molecule has 2 bridgehead atoms. The van der Waals surface area contributed by atoms with E-state index in [1.54, 1.807) is 11.3 Å². The van der Waals surface area contributed by atoms with E-state index in [4.69, 9.17) is 0 Å². The standard InChI is InChI=1S/C14H16N2S/c1-2-13(17-7-1)14-15-5-6-16(14)12-9-10-3-4-11(12)8-10/h1-2,5-7,10-12H,3-4,8-9H2. The predicted octanol–water partition coefficient (Wildman–Crippen LogP) is 3.97. The molecule has 2 aliphatic carbocycles. The van der Waals surface area contributed by atoms with Gasteiger partial charge in [0.15, 0.2) is 0 Å². The Morgan fingerprint density at radius 1 is 1.29 bits per heavy atom. The van der Waals surface area contributed by atoms with E-state index in [1.807, 2.05) is 6.20 Å². The zero-order valence-electron chi connectivity index (χ0n) is 9.75. The first-order valence-corrected chi connectivity index (χ1v) is 7.36. The highest BCUT2D eigenvalue weighted by Gasteiger charge is 2.40. The Balaban J connectivity index is 1.73. The molecule has 17 heavy (non-hydrogen) atoms. The molecular weight excluding hydrogens is 228 g/mol. The molecule has 2 nitrogen and oxygen atoms in total. The van der Waals surface area contributed by atoms with Crippen LogP contribution in [-0.4, -0.2) is 9.55 Å². The maximum atomic E-state index is 4.56. The highest BCUT2D eigenvalue weighted by Crippen LogP contribution is 2.51. The minimum atomic E-state index is 0.716. The first kappa shape index (κ1) is 9.89. The lowest BCUT2D eigenvalue weighted by atomic mass is 9.95. The van der Waals surface area contributed by atoms with Crippen LogP contribution in [0.4, 0.5) is 0 Å². The molecule has 2 aromatic heterocycles. The van der Waals surface area contributed by atoms with Crippen molar-refractivity contribution in [2.75, 3.05) is 0 Å². The van der Waals surface area contributed by atoms with Crippen molar-refractivity contribution in [1.29, 1.82) is 0 Å². The molecule has 0 N–H and O–H groups in total. The second kappa shape index (κ2) is 3.70. The number of fused-ring (bicyclic) bond motifs is 2. The average Bonchev–Trinajstić information content (AvgIpc) is 3.12. The van der Waals surface area contributed by atoms with Crippen LogP contribution in [0.15, 0.2) is 29.9 Å². The van der Waals surface area contributed by atoms with Crippen molar-refractivity contribution in [3.8, 4) is 10.7 Å².